The molecule has 1 amide bonds. The fraction of sp³-hybridized carbons (Fsp3) is 0.263. The van der Waals surface area contributed by atoms with E-state index in [9.17, 15) is 18.0 Å². The lowest BCUT2D eigenvalue weighted by molar-refractivity contribution is -0.116. The molecular formula is C19H22N4O5S. The molecular weight excluding hydrogens is 396 g/mol. The molecule has 0 atom stereocenters. The number of fused-ring (bicyclic) bond motifs is 1. The molecule has 0 saturated heterocycles. The first-order valence-corrected chi connectivity index (χ1v) is 10.3. The summed E-state index contributed by atoms with van der Waals surface area (Å²) in [6.45, 7) is 1.78. The molecule has 0 saturated carbocycles. The maximum Gasteiger partial charge on any atom is 0.328 e. The Morgan fingerprint density at radius 2 is 1.69 bits per heavy atom. The minimum Gasteiger partial charge on any atom is -0.494 e. The second-order valence-electron chi connectivity index (χ2n) is 6.46. The normalized spacial score (nSPS) is 11.6. The van der Waals surface area contributed by atoms with E-state index in [2.05, 4.69) is 0 Å². The zero-order chi connectivity index (χ0) is 21.3. The summed E-state index contributed by atoms with van der Waals surface area (Å²) >= 11 is 0. The van der Waals surface area contributed by atoms with Crippen LogP contribution in [0.5, 0.6) is 5.75 Å². The predicted molar refractivity (Wildman–Crippen MR) is 109 cm³/mol. The fourth-order valence-electron chi connectivity index (χ4n) is 3.11. The third-order valence-electron chi connectivity index (χ3n) is 4.57. The molecule has 0 spiro atoms. The number of amides is 1. The third kappa shape index (κ3) is 3.70. The number of hydrogen-bond acceptors (Lipinski definition) is 5. The molecule has 154 valence electrons. The number of imidazole rings is 1. The Balaban J connectivity index is 2.11. The number of anilines is 1. The average molecular weight is 418 g/mol. The van der Waals surface area contributed by atoms with E-state index in [1.54, 1.807) is 44.4 Å². The highest BCUT2D eigenvalue weighted by atomic mass is 32.2. The molecule has 0 fully saturated rings. The lowest BCUT2D eigenvalue weighted by atomic mass is 10.3. The lowest BCUT2D eigenvalue weighted by Gasteiger charge is -2.23. The summed E-state index contributed by atoms with van der Waals surface area (Å²) in [5, 5.41) is 0. The molecule has 0 radical (unpaired) electrons. The van der Waals surface area contributed by atoms with Gasteiger partial charge in [0, 0.05) is 14.1 Å². The summed E-state index contributed by atoms with van der Waals surface area (Å²) in [6, 6.07) is 10.7. The number of hydrogen-bond donors (Lipinski definition) is 1. The lowest BCUT2D eigenvalue weighted by Crippen LogP contribution is -2.38. The van der Waals surface area contributed by atoms with E-state index in [4.69, 9.17) is 10.5 Å². The van der Waals surface area contributed by atoms with Crippen LogP contribution in [0.3, 0.4) is 0 Å². The van der Waals surface area contributed by atoms with Crippen molar-refractivity contribution in [2.24, 2.45) is 19.8 Å². The summed E-state index contributed by atoms with van der Waals surface area (Å²) in [5.41, 5.74) is 6.37. The van der Waals surface area contributed by atoms with Crippen LogP contribution in [0, 0.1) is 0 Å². The number of aromatic nitrogens is 2. The molecule has 10 heteroatoms. The van der Waals surface area contributed by atoms with E-state index in [1.165, 1.54) is 21.3 Å². The average Bonchev–Trinajstić information content (AvgIpc) is 2.91. The molecule has 0 aliphatic rings. The Kier molecular flexibility index (Phi) is 5.38. The van der Waals surface area contributed by atoms with Gasteiger partial charge in [-0.2, -0.15) is 0 Å². The van der Waals surface area contributed by atoms with Crippen LogP contribution in [-0.4, -0.2) is 36.6 Å². The van der Waals surface area contributed by atoms with Crippen molar-refractivity contribution in [3.63, 3.8) is 0 Å². The Labute approximate surface area is 168 Å². The molecule has 2 aromatic carbocycles. The molecule has 0 aliphatic heterocycles. The van der Waals surface area contributed by atoms with Gasteiger partial charge >= 0.3 is 5.69 Å². The first-order valence-electron chi connectivity index (χ1n) is 8.86. The van der Waals surface area contributed by atoms with Crippen LogP contribution in [0.4, 0.5) is 5.69 Å². The van der Waals surface area contributed by atoms with Crippen molar-refractivity contribution >= 4 is 32.7 Å². The van der Waals surface area contributed by atoms with Crippen LogP contribution >= 0.6 is 0 Å². The number of aryl methyl sites for hydroxylation is 2. The second-order valence-corrected chi connectivity index (χ2v) is 8.32. The SMILES string of the molecule is CCOc1ccc(N(CC(N)=O)S(=O)(=O)c2ccc3c(c2)n(C)c(=O)n3C)cc1. The molecule has 9 nitrogen and oxygen atoms in total. The molecule has 0 aliphatic carbocycles. The van der Waals surface area contributed by atoms with E-state index in [-0.39, 0.29) is 16.3 Å². The minimum atomic E-state index is -4.12. The van der Waals surface area contributed by atoms with Crippen LogP contribution in [0.2, 0.25) is 0 Å². The first kappa shape index (κ1) is 20.5. The zero-order valence-electron chi connectivity index (χ0n) is 16.3. The first-order chi connectivity index (χ1) is 13.7. The monoisotopic (exact) mass is 418 g/mol. The number of nitrogens with two attached hydrogens (primary N) is 1. The van der Waals surface area contributed by atoms with Crippen molar-refractivity contribution in [3.05, 3.63) is 52.9 Å². The van der Waals surface area contributed by atoms with E-state index in [0.717, 1.165) is 4.31 Å². The zero-order valence-corrected chi connectivity index (χ0v) is 17.1. The highest BCUT2D eigenvalue weighted by Crippen LogP contribution is 2.27. The molecule has 1 aromatic heterocycles. The number of benzene rings is 2. The van der Waals surface area contributed by atoms with Gasteiger partial charge in [-0.15, -0.1) is 0 Å². The largest absolute Gasteiger partial charge is 0.494 e. The van der Waals surface area contributed by atoms with E-state index in [0.29, 0.717) is 23.4 Å². The van der Waals surface area contributed by atoms with Gasteiger partial charge in [0.15, 0.2) is 0 Å². The third-order valence-corrected chi connectivity index (χ3v) is 6.34. The molecule has 0 unspecified atom stereocenters. The van der Waals surface area contributed by atoms with Crippen molar-refractivity contribution < 1.29 is 17.9 Å². The minimum absolute atomic E-state index is 0.0543. The fourth-order valence-corrected chi connectivity index (χ4v) is 4.56. The van der Waals surface area contributed by atoms with Gasteiger partial charge in [-0.25, -0.2) is 13.2 Å². The number of nitrogens with zero attached hydrogens (tertiary/aromatic N) is 3. The summed E-state index contributed by atoms with van der Waals surface area (Å²) in [7, 11) is -0.946. The van der Waals surface area contributed by atoms with Crippen LogP contribution < -0.4 is 20.5 Å². The number of primary amides is 1. The molecule has 3 aromatic rings. The number of sulfonamides is 1. The highest BCUT2D eigenvalue weighted by molar-refractivity contribution is 7.92. The molecule has 2 N–H and O–H groups in total. The summed E-state index contributed by atoms with van der Waals surface area (Å²) in [6.07, 6.45) is 0. The van der Waals surface area contributed by atoms with Crippen LogP contribution in [0.1, 0.15) is 6.92 Å². The number of carbonyl (C=O) groups is 1. The molecule has 3 rings (SSSR count). The molecule has 29 heavy (non-hydrogen) atoms. The Bertz CT molecular complexity index is 1230. The van der Waals surface area contributed by atoms with Gasteiger partial charge in [0.05, 0.1) is 28.2 Å². The van der Waals surface area contributed by atoms with Crippen molar-refractivity contribution in [3.8, 4) is 5.75 Å². The van der Waals surface area contributed by atoms with E-state index >= 15 is 0 Å². The van der Waals surface area contributed by atoms with Crippen molar-refractivity contribution in [2.75, 3.05) is 17.5 Å². The Morgan fingerprint density at radius 3 is 2.28 bits per heavy atom. The van der Waals surface area contributed by atoms with Crippen LogP contribution in [0.15, 0.2) is 52.2 Å². The Morgan fingerprint density at radius 1 is 1.07 bits per heavy atom. The predicted octanol–water partition coefficient (Wildman–Crippen LogP) is 0.956. The number of carbonyl (C=O) groups excluding carboxylic acids is 1. The van der Waals surface area contributed by atoms with Crippen molar-refractivity contribution in [1.29, 1.82) is 0 Å². The van der Waals surface area contributed by atoms with E-state index in [1.807, 2.05) is 6.92 Å². The standard InChI is InChI=1S/C19H22N4O5S/c1-4-28-14-7-5-13(6-8-14)23(12-18(20)24)29(26,27)15-9-10-16-17(11-15)22(3)19(25)21(16)2/h5-11H,4,12H2,1-3H3,(H2,20,24). The number of rotatable bonds is 7. The van der Waals surface area contributed by atoms with Crippen molar-refractivity contribution in [2.45, 2.75) is 11.8 Å². The molecule has 0 bridgehead atoms. The van der Waals surface area contributed by atoms with Gasteiger partial charge in [-0.1, -0.05) is 0 Å². The van der Waals surface area contributed by atoms with Crippen LogP contribution in [-0.2, 0) is 28.9 Å². The molecule has 1 heterocycles. The van der Waals surface area contributed by atoms with Crippen LogP contribution in [0.25, 0.3) is 11.0 Å². The maximum absolute atomic E-state index is 13.3. The van der Waals surface area contributed by atoms with Crippen molar-refractivity contribution in [1.82, 2.24) is 9.13 Å². The summed E-state index contributed by atoms with van der Waals surface area (Å²) in [4.78, 5) is 23.7. The second kappa shape index (κ2) is 7.63. The topological polar surface area (TPSA) is 117 Å². The van der Waals surface area contributed by atoms with Gasteiger partial charge in [-0.05, 0) is 49.4 Å². The summed E-state index contributed by atoms with van der Waals surface area (Å²) in [5.74, 6) is -0.218. The smallest absolute Gasteiger partial charge is 0.328 e. The number of ether oxygens (including phenoxy) is 1. The highest BCUT2D eigenvalue weighted by Gasteiger charge is 2.27. The van der Waals surface area contributed by atoms with Gasteiger partial charge < -0.3 is 10.5 Å². The van der Waals surface area contributed by atoms with Gasteiger partial charge in [-0.3, -0.25) is 18.2 Å². The van der Waals surface area contributed by atoms with Gasteiger partial charge in [0.25, 0.3) is 10.0 Å². The Hall–Kier alpha value is -3.27. The van der Waals surface area contributed by atoms with Gasteiger partial charge in [0.2, 0.25) is 5.91 Å². The maximum atomic E-state index is 13.3. The summed E-state index contributed by atoms with van der Waals surface area (Å²) < 4.78 is 35.7. The van der Waals surface area contributed by atoms with Gasteiger partial charge in [0.1, 0.15) is 12.3 Å². The quantitative estimate of drug-likeness (QED) is 0.613. The van der Waals surface area contributed by atoms with E-state index < -0.39 is 22.5 Å².